The molecule has 3 aromatic rings. The zero-order valence-electron chi connectivity index (χ0n) is 18.5. The number of carbonyl (C=O) groups excluding carboxylic acids is 1. The van der Waals surface area contributed by atoms with Crippen molar-refractivity contribution in [3.05, 3.63) is 93.6 Å². The molecule has 7 heteroatoms. The highest BCUT2D eigenvalue weighted by Gasteiger charge is 2.31. The second-order valence-corrected chi connectivity index (χ2v) is 8.46. The van der Waals surface area contributed by atoms with E-state index in [0.717, 1.165) is 38.7 Å². The molecule has 0 aliphatic carbocycles. The zero-order valence-corrected chi connectivity index (χ0v) is 20.1. The highest BCUT2D eigenvalue weighted by atomic mass is 35.5. The van der Waals surface area contributed by atoms with Crippen LogP contribution in [0.15, 0.2) is 66.4 Å². The SMILES string of the molecule is COc1ccc(/C=C2/NC(=S)N(c3ccccc3)C2=O)cc1COc1cc(C)c(Cl)c(C)c1. The summed E-state index contributed by atoms with van der Waals surface area (Å²) in [5.41, 5.74) is 4.73. The number of methoxy groups -OCH3 is 1. The van der Waals surface area contributed by atoms with Crippen LogP contribution in [0.2, 0.25) is 5.02 Å². The Labute approximate surface area is 203 Å². The van der Waals surface area contributed by atoms with Gasteiger partial charge >= 0.3 is 0 Å². The van der Waals surface area contributed by atoms with Gasteiger partial charge < -0.3 is 14.8 Å². The standard InChI is InChI=1S/C26H23ClN2O3S/c1-16-11-21(12-17(2)24(16)27)32-15-19-13-18(9-10-23(19)31-3)14-22-25(30)29(26(33)28-22)20-7-5-4-6-8-20/h4-14H,15H2,1-3H3,(H,28,33)/b22-14+. The third kappa shape index (κ3) is 4.87. The Morgan fingerprint density at radius 2 is 1.76 bits per heavy atom. The minimum atomic E-state index is -0.202. The van der Waals surface area contributed by atoms with Crippen LogP contribution in [-0.4, -0.2) is 18.1 Å². The predicted octanol–water partition coefficient (Wildman–Crippen LogP) is 5.81. The first-order valence-corrected chi connectivity index (χ1v) is 11.1. The van der Waals surface area contributed by atoms with Crippen molar-refractivity contribution in [3.8, 4) is 11.5 Å². The van der Waals surface area contributed by atoms with Gasteiger partial charge in [0, 0.05) is 10.6 Å². The normalized spacial score (nSPS) is 14.5. The lowest BCUT2D eigenvalue weighted by Crippen LogP contribution is -2.30. The highest BCUT2D eigenvalue weighted by molar-refractivity contribution is 7.80. The van der Waals surface area contributed by atoms with Crippen LogP contribution in [-0.2, 0) is 11.4 Å². The summed E-state index contributed by atoms with van der Waals surface area (Å²) in [6.45, 7) is 4.20. The molecule has 1 N–H and O–H groups in total. The van der Waals surface area contributed by atoms with Gasteiger partial charge in [-0.1, -0.05) is 35.9 Å². The molecule has 5 nitrogen and oxygen atoms in total. The van der Waals surface area contributed by atoms with Crippen LogP contribution in [0.3, 0.4) is 0 Å². The summed E-state index contributed by atoms with van der Waals surface area (Å²) in [5, 5.41) is 4.11. The molecule has 3 aromatic carbocycles. The van der Waals surface area contributed by atoms with Gasteiger partial charge in [0.15, 0.2) is 5.11 Å². The molecule has 4 rings (SSSR count). The second-order valence-electron chi connectivity index (χ2n) is 7.70. The van der Waals surface area contributed by atoms with E-state index in [-0.39, 0.29) is 5.91 Å². The summed E-state index contributed by atoms with van der Waals surface area (Å²) in [4.78, 5) is 14.5. The topological polar surface area (TPSA) is 50.8 Å². The quantitative estimate of drug-likeness (QED) is 0.358. The third-order valence-electron chi connectivity index (χ3n) is 5.31. The summed E-state index contributed by atoms with van der Waals surface area (Å²) >= 11 is 11.6. The molecule has 0 atom stereocenters. The van der Waals surface area contributed by atoms with E-state index in [1.807, 2.05) is 74.5 Å². The average molecular weight is 479 g/mol. The van der Waals surface area contributed by atoms with E-state index in [9.17, 15) is 4.79 Å². The van der Waals surface area contributed by atoms with Crippen molar-refractivity contribution in [1.29, 1.82) is 0 Å². The first-order chi connectivity index (χ1) is 15.9. The maximum absolute atomic E-state index is 13.0. The van der Waals surface area contributed by atoms with E-state index in [1.54, 1.807) is 13.2 Å². The Morgan fingerprint density at radius 3 is 2.42 bits per heavy atom. The predicted molar refractivity (Wildman–Crippen MR) is 136 cm³/mol. The van der Waals surface area contributed by atoms with Crippen molar-refractivity contribution >= 4 is 46.6 Å². The van der Waals surface area contributed by atoms with Crippen molar-refractivity contribution in [3.63, 3.8) is 0 Å². The first-order valence-electron chi connectivity index (χ1n) is 10.4. The van der Waals surface area contributed by atoms with Crippen molar-refractivity contribution in [2.24, 2.45) is 0 Å². The van der Waals surface area contributed by atoms with Crippen LogP contribution in [0.4, 0.5) is 5.69 Å². The van der Waals surface area contributed by atoms with Gasteiger partial charge in [0.05, 0.1) is 12.8 Å². The number of ether oxygens (including phenoxy) is 2. The smallest absolute Gasteiger partial charge is 0.281 e. The number of nitrogens with zero attached hydrogens (tertiary/aromatic N) is 1. The van der Waals surface area contributed by atoms with Crippen molar-refractivity contribution in [1.82, 2.24) is 5.32 Å². The van der Waals surface area contributed by atoms with Crippen LogP contribution in [0.5, 0.6) is 11.5 Å². The van der Waals surface area contributed by atoms with E-state index >= 15 is 0 Å². The first kappa shape index (κ1) is 22.8. The van der Waals surface area contributed by atoms with Crippen molar-refractivity contribution in [2.45, 2.75) is 20.5 Å². The molecule has 1 saturated heterocycles. The Balaban J connectivity index is 1.57. The van der Waals surface area contributed by atoms with Crippen LogP contribution in [0, 0.1) is 13.8 Å². The van der Waals surface area contributed by atoms with Crippen molar-refractivity contribution < 1.29 is 14.3 Å². The number of rotatable bonds is 6. The maximum Gasteiger partial charge on any atom is 0.281 e. The van der Waals surface area contributed by atoms with Crippen LogP contribution >= 0.6 is 23.8 Å². The second kappa shape index (κ2) is 9.65. The fourth-order valence-electron chi connectivity index (χ4n) is 3.66. The van der Waals surface area contributed by atoms with Gasteiger partial charge in [0.2, 0.25) is 0 Å². The molecule has 0 bridgehead atoms. The van der Waals surface area contributed by atoms with Gasteiger partial charge in [0.1, 0.15) is 23.8 Å². The molecule has 1 aliphatic heterocycles. The monoisotopic (exact) mass is 478 g/mol. The fraction of sp³-hybridized carbons (Fsp3) is 0.154. The number of para-hydroxylation sites is 1. The summed E-state index contributed by atoms with van der Waals surface area (Å²) in [6, 6.07) is 18.8. The van der Waals surface area contributed by atoms with E-state index in [0.29, 0.717) is 23.2 Å². The molecular formula is C26H23ClN2O3S. The Bertz CT molecular complexity index is 1230. The zero-order chi connectivity index (χ0) is 23.5. The largest absolute Gasteiger partial charge is 0.496 e. The Morgan fingerprint density at radius 1 is 1.06 bits per heavy atom. The highest BCUT2D eigenvalue weighted by Crippen LogP contribution is 2.29. The average Bonchev–Trinajstić information content (AvgIpc) is 3.09. The molecular weight excluding hydrogens is 456 g/mol. The van der Waals surface area contributed by atoms with E-state index < -0.39 is 0 Å². The number of hydrogen-bond donors (Lipinski definition) is 1. The summed E-state index contributed by atoms with van der Waals surface area (Å²) in [7, 11) is 1.62. The van der Waals surface area contributed by atoms with Gasteiger partial charge in [-0.2, -0.15) is 0 Å². The molecule has 1 heterocycles. The number of thiocarbonyl (C=S) groups is 1. The number of anilines is 1. The van der Waals surface area contributed by atoms with Crippen LogP contribution in [0.25, 0.3) is 6.08 Å². The summed E-state index contributed by atoms with van der Waals surface area (Å²) < 4.78 is 11.5. The molecule has 0 spiro atoms. The van der Waals surface area contributed by atoms with Gasteiger partial charge in [0.25, 0.3) is 5.91 Å². The molecule has 33 heavy (non-hydrogen) atoms. The molecule has 1 fully saturated rings. The lowest BCUT2D eigenvalue weighted by molar-refractivity contribution is -0.113. The minimum Gasteiger partial charge on any atom is -0.496 e. The molecule has 0 aromatic heterocycles. The molecule has 0 unspecified atom stereocenters. The van der Waals surface area contributed by atoms with E-state index in [2.05, 4.69) is 5.32 Å². The number of hydrogen-bond acceptors (Lipinski definition) is 4. The molecule has 1 aliphatic rings. The molecule has 0 radical (unpaired) electrons. The Hall–Kier alpha value is -3.35. The van der Waals surface area contributed by atoms with E-state index in [1.165, 1.54) is 4.90 Å². The number of aryl methyl sites for hydroxylation is 2. The molecule has 0 saturated carbocycles. The molecule has 1 amide bonds. The Kier molecular flexibility index (Phi) is 6.67. The van der Waals surface area contributed by atoms with E-state index in [4.69, 9.17) is 33.3 Å². The van der Waals surface area contributed by atoms with Gasteiger partial charge in [-0.3, -0.25) is 9.69 Å². The van der Waals surface area contributed by atoms with Gasteiger partial charge in [-0.15, -0.1) is 0 Å². The maximum atomic E-state index is 13.0. The summed E-state index contributed by atoms with van der Waals surface area (Å²) in [5.74, 6) is 1.23. The van der Waals surface area contributed by atoms with Crippen LogP contribution < -0.4 is 19.7 Å². The number of amides is 1. The minimum absolute atomic E-state index is 0.202. The van der Waals surface area contributed by atoms with Gasteiger partial charge in [-0.05, 0) is 85.2 Å². The number of halogens is 1. The lowest BCUT2D eigenvalue weighted by atomic mass is 10.1. The molecule has 168 valence electrons. The number of benzene rings is 3. The number of nitrogens with one attached hydrogen (secondary N) is 1. The lowest BCUT2D eigenvalue weighted by Gasteiger charge is -2.13. The van der Waals surface area contributed by atoms with Gasteiger partial charge in [-0.25, -0.2) is 0 Å². The summed E-state index contributed by atoms with van der Waals surface area (Å²) in [6.07, 6.45) is 1.77. The van der Waals surface area contributed by atoms with Crippen molar-refractivity contribution in [2.75, 3.05) is 12.0 Å². The third-order valence-corrected chi connectivity index (χ3v) is 6.19. The fourth-order valence-corrected chi connectivity index (χ4v) is 4.07. The number of carbonyl (C=O) groups is 1. The van der Waals surface area contributed by atoms with Crippen LogP contribution in [0.1, 0.15) is 22.3 Å².